The van der Waals surface area contributed by atoms with Crippen LogP contribution in [0, 0.1) is 6.33 Å². The summed E-state index contributed by atoms with van der Waals surface area (Å²) < 4.78 is 1.64. The fraction of sp³-hybridized carbons (Fsp3) is 0.444. The van der Waals surface area contributed by atoms with E-state index in [0.29, 0.717) is 12.4 Å². The van der Waals surface area contributed by atoms with Crippen molar-refractivity contribution in [3.63, 3.8) is 0 Å². The van der Waals surface area contributed by atoms with Crippen LogP contribution >= 0.6 is 0 Å². The summed E-state index contributed by atoms with van der Waals surface area (Å²) in [7, 11) is 0. The molecule has 7 heteroatoms. The van der Waals surface area contributed by atoms with Gasteiger partial charge in [-0.1, -0.05) is 0 Å². The lowest BCUT2D eigenvalue weighted by molar-refractivity contribution is 0.404. The number of aromatic nitrogens is 6. The van der Waals surface area contributed by atoms with Gasteiger partial charge in [-0.25, -0.2) is 14.6 Å². The quantitative estimate of drug-likeness (QED) is 0.757. The van der Waals surface area contributed by atoms with E-state index in [-0.39, 0.29) is 5.54 Å². The van der Waals surface area contributed by atoms with Gasteiger partial charge in [-0.2, -0.15) is 0 Å². The first-order valence-electron chi connectivity index (χ1n) is 4.80. The Morgan fingerprint density at radius 1 is 1.38 bits per heavy atom. The Kier molecular flexibility index (Phi) is 2.61. The summed E-state index contributed by atoms with van der Waals surface area (Å²) in [6.45, 7) is 4.34. The van der Waals surface area contributed by atoms with Gasteiger partial charge in [0.05, 0.1) is 12.1 Å². The highest BCUT2D eigenvalue weighted by atomic mass is 15.5. The topological polar surface area (TPSA) is 95.4 Å². The van der Waals surface area contributed by atoms with E-state index in [9.17, 15) is 0 Å². The molecule has 0 fully saturated rings. The molecule has 2 aromatic heterocycles. The van der Waals surface area contributed by atoms with Gasteiger partial charge in [0.2, 0.25) is 0 Å². The second-order valence-electron chi connectivity index (χ2n) is 4.22. The van der Waals surface area contributed by atoms with Crippen LogP contribution in [0.3, 0.4) is 0 Å². The first-order chi connectivity index (χ1) is 7.56. The van der Waals surface area contributed by atoms with Crippen LogP contribution in [0.4, 0.5) is 0 Å². The Bertz CT molecular complexity index is 456. The summed E-state index contributed by atoms with van der Waals surface area (Å²) in [6, 6.07) is 0. The highest BCUT2D eigenvalue weighted by Gasteiger charge is 2.17. The minimum absolute atomic E-state index is 0.383. The number of nitrogens with two attached hydrogens (primary N) is 1. The molecule has 83 valence electrons. The number of nitrogens with zero attached hydrogens (tertiary/aromatic N) is 6. The number of hydrogen-bond donors (Lipinski definition) is 1. The minimum Gasteiger partial charge on any atom is -0.324 e. The highest BCUT2D eigenvalue weighted by molar-refractivity contribution is 5.50. The molecule has 0 spiro atoms. The van der Waals surface area contributed by atoms with Gasteiger partial charge in [0.15, 0.2) is 12.2 Å². The monoisotopic (exact) mass is 218 g/mol. The lowest BCUT2D eigenvalue weighted by atomic mass is 10.1. The molecule has 0 aromatic carbocycles. The summed E-state index contributed by atoms with van der Waals surface area (Å²) in [5.41, 5.74) is 6.28. The summed E-state index contributed by atoms with van der Waals surface area (Å²) >= 11 is 0. The van der Waals surface area contributed by atoms with E-state index >= 15 is 0 Å². The first kappa shape index (κ1) is 10.6. The van der Waals surface area contributed by atoms with Gasteiger partial charge in [0.25, 0.3) is 0 Å². The zero-order valence-electron chi connectivity index (χ0n) is 9.12. The van der Waals surface area contributed by atoms with Crippen LogP contribution in [0.15, 0.2) is 12.4 Å². The third-order valence-electron chi connectivity index (χ3n) is 1.87. The van der Waals surface area contributed by atoms with E-state index in [1.54, 1.807) is 17.1 Å². The van der Waals surface area contributed by atoms with E-state index in [0.717, 1.165) is 5.56 Å². The molecular weight excluding hydrogens is 206 g/mol. The Labute approximate surface area is 92.7 Å². The van der Waals surface area contributed by atoms with Crippen molar-refractivity contribution in [2.75, 3.05) is 0 Å². The SMILES string of the molecule is CC(C)(N)Cn1nnnc1-c1cn[c]nc1. The maximum Gasteiger partial charge on any atom is 0.197 e. The molecular formula is C9H12N7. The predicted octanol–water partition coefficient (Wildman–Crippen LogP) is -0.332. The average molecular weight is 218 g/mol. The van der Waals surface area contributed by atoms with Crippen molar-refractivity contribution in [3.05, 3.63) is 18.7 Å². The molecule has 2 heterocycles. The van der Waals surface area contributed by atoms with Gasteiger partial charge >= 0.3 is 0 Å². The Morgan fingerprint density at radius 3 is 2.69 bits per heavy atom. The first-order valence-corrected chi connectivity index (χ1v) is 4.80. The summed E-state index contributed by atoms with van der Waals surface area (Å²) in [5, 5.41) is 11.4. The van der Waals surface area contributed by atoms with Crippen LogP contribution in [-0.2, 0) is 6.54 Å². The van der Waals surface area contributed by atoms with E-state index in [1.165, 1.54) is 0 Å². The number of hydrogen-bond acceptors (Lipinski definition) is 6. The van der Waals surface area contributed by atoms with Gasteiger partial charge < -0.3 is 5.73 Å². The third kappa shape index (κ3) is 2.37. The molecule has 2 N–H and O–H groups in total. The van der Waals surface area contributed by atoms with Crippen molar-refractivity contribution in [3.8, 4) is 11.4 Å². The van der Waals surface area contributed by atoms with Crippen LogP contribution < -0.4 is 5.73 Å². The lowest BCUT2D eigenvalue weighted by Gasteiger charge is -2.18. The van der Waals surface area contributed by atoms with Gasteiger partial charge in [0, 0.05) is 17.9 Å². The summed E-state index contributed by atoms with van der Waals surface area (Å²) in [6.07, 6.45) is 5.68. The van der Waals surface area contributed by atoms with Crippen molar-refractivity contribution in [2.24, 2.45) is 5.73 Å². The van der Waals surface area contributed by atoms with Crippen LogP contribution in [0.1, 0.15) is 13.8 Å². The second-order valence-corrected chi connectivity index (χ2v) is 4.22. The van der Waals surface area contributed by atoms with Gasteiger partial charge in [-0.15, -0.1) is 5.10 Å². The Morgan fingerprint density at radius 2 is 2.06 bits per heavy atom. The minimum atomic E-state index is -0.383. The molecule has 0 aliphatic carbocycles. The molecule has 7 nitrogen and oxygen atoms in total. The van der Waals surface area contributed by atoms with Crippen LogP contribution in [0.25, 0.3) is 11.4 Å². The largest absolute Gasteiger partial charge is 0.324 e. The Hall–Kier alpha value is -1.89. The van der Waals surface area contributed by atoms with Crippen LogP contribution in [-0.4, -0.2) is 35.7 Å². The predicted molar refractivity (Wildman–Crippen MR) is 55.9 cm³/mol. The van der Waals surface area contributed by atoms with Gasteiger partial charge in [-0.05, 0) is 24.3 Å². The third-order valence-corrected chi connectivity index (χ3v) is 1.87. The normalized spacial score (nSPS) is 11.7. The molecule has 0 saturated carbocycles. The van der Waals surface area contributed by atoms with E-state index < -0.39 is 0 Å². The van der Waals surface area contributed by atoms with E-state index in [2.05, 4.69) is 31.8 Å². The fourth-order valence-corrected chi connectivity index (χ4v) is 1.28. The Balaban J connectivity index is 2.33. The van der Waals surface area contributed by atoms with E-state index in [1.807, 2.05) is 13.8 Å². The summed E-state index contributed by atoms with van der Waals surface area (Å²) in [4.78, 5) is 7.60. The van der Waals surface area contributed by atoms with Crippen molar-refractivity contribution in [2.45, 2.75) is 25.9 Å². The molecule has 0 unspecified atom stereocenters. The van der Waals surface area contributed by atoms with Gasteiger partial charge in [0.1, 0.15) is 0 Å². The zero-order valence-corrected chi connectivity index (χ0v) is 9.12. The summed E-state index contributed by atoms with van der Waals surface area (Å²) in [5.74, 6) is 0.604. The van der Waals surface area contributed by atoms with Crippen LogP contribution in [0.5, 0.6) is 0 Å². The zero-order chi connectivity index (χ0) is 11.6. The maximum atomic E-state index is 5.92. The van der Waals surface area contributed by atoms with Crippen molar-refractivity contribution >= 4 is 0 Å². The smallest absolute Gasteiger partial charge is 0.197 e. The van der Waals surface area contributed by atoms with Gasteiger partial charge in [-0.3, -0.25) is 0 Å². The molecule has 0 atom stereocenters. The van der Waals surface area contributed by atoms with E-state index in [4.69, 9.17) is 5.73 Å². The van der Waals surface area contributed by atoms with Crippen molar-refractivity contribution in [1.29, 1.82) is 0 Å². The highest BCUT2D eigenvalue weighted by Crippen LogP contribution is 2.14. The molecule has 0 aliphatic heterocycles. The molecule has 2 rings (SSSR count). The molecule has 0 bridgehead atoms. The van der Waals surface area contributed by atoms with Crippen molar-refractivity contribution in [1.82, 2.24) is 30.2 Å². The standard InChI is InChI=1S/C9H12N7/c1-9(2,10)5-16-8(13-14-15-16)7-3-11-6-12-4-7/h3-4H,5,10H2,1-2H3. The second kappa shape index (κ2) is 3.93. The lowest BCUT2D eigenvalue weighted by Crippen LogP contribution is -2.37. The molecule has 0 aliphatic rings. The fourth-order valence-electron chi connectivity index (χ4n) is 1.28. The average Bonchev–Trinajstić information content (AvgIpc) is 2.64. The van der Waals surface area contributed by atoms with Crippen molar-refractivity contribution < 1.29 is 0 Å². The van der Waals surface area contributed by atoms with Crippen LogP contribution in [0.2, 0.25) is 0 Å². The molecule has 0 saturated heterocycles. The maximum absolute atomic E-state index is 5.92. The molecule has 0 amide bonds. The number of rotatable bonds is 3. The molecule has 16 heavy (non-hydrogen) atoms. The molecule has 1 radical (unpaired) electrons. The number of tetrazole rings is 1. The molecule has 2 aromatic rings.